The van der Waals surface area contributed by atoms with Gasteiger partial charge in [0.25, 0.3) is 0 Å². The van der Waals surface area contributed by atoms with E-state index in [0.29, 0.717) is 0 Å². The molecule has 2 nitrogen and oxygen atoms in total. The molecule has 1 N–H and O–H groups in total. The number of nitrogens with one attached hydrogen (secondary N) is 1. The lowest BCUT2D eigenvalue weighted by Gasteiger charge is -2.02. The van der Waals surface area contributed by atoms with Crippen LogP contribution in [0.2, 0.25) is 0 Å². The van der Waals surface area contributed by atoms with E-state index in [2.05, 4.69) is 9.72 Å². The lowest BCUT2D eigenvalue weighted by molar-refractivity contribution is 0.211. The second kappa shape index (κ2) is 2.10. The van der Waals surface area contributed by atoms with Crippen LogP contribution in [0.4, 0.5) is 0 Å². The molecular formula is C3H5NOS. The van der Waals surface area contributed by atoms with Crippen molar-refractivity contribution < 1.29 is 4.84 Å². The summed E-state index contributed by atoms with van der Waals surface area (Å²) in [5.41, 5.74) is 0. The van der Waals surface area contributed by atoms with Gasteiger partial charge in [0.15, 0.2) is 0 Å². The SMILES string of the molecule is C1=CONSC1. The number of hydrogen-bond acceptors (Lipinski definition) is 3. The van der Waals surface area contributed by atoms with E-state index < -0.39 is 0 Å². The van der Waals surface area contributed by atoms with Gasteiger partial charge in [0.2, 0.25) is 0 Å². The zero-order valence-electron chi connectivity index (χ0n) is 3.18. The lowest BCUT2D eigenvalue weighted by atomic mass is 10.7. The molecule has 3 heteroatoms. The summed E-state index contributed by atoms with van der Waals surface area (Å²) in [7, 11) is 0. The van der Waals surface area contributed by atoms with Crippen molar-refractivity contribution in [2.24, 2.45) is 0 Å². The third-order valence-electron chi connectivity index (χ3n) is 0.451. The molecule has 1 heterocycles. The molecule has 0 spiro atoms. The molecule has 0 atom stereocenters. The summed E-state index contributed by atoms with van der Waals surface area (Å²) in [4.78, 5) is 7.22. The van der Waals surface area contributed by atoms with E-state index in [1.54, 1.807) is 6.26 Å². The monoisotopic (exact) mass is 103 g/mol. The lowest BCUT2D eigenvalue weighted by Crippen LogP contribution is -2.03. The first-order valence-electron chi connectivity index (χ1n) is 1.67. The van der Waals surface area contributed by atoms with E-state index >= 15 is 0 Å². The summed E-state index contributed by atoms with van der Waals surface area (Å²) in [5, 5.41) is 0. The molecule has 0 fully saturated rings. The molecule has 6 heavy (non-hydrogen) atoms. The number of rotatable bonds is 0. The summed E-state index contributed by atoms with van der Waals surface area (Å²) >= 11 is 1.54. The Morgan fingerprint density at radius 2 is 2.83 bits per heavy atom. The average Bonchev–Trinajstić information content (AvgIpc) is 1.72. The Morgan fingerprint density at radius 1 is 1.83 bits per heavy atom. The van der Waals surface area contributed by atoms with E-state index in [1.807, 2.05) is 6.08 Å². The maximum absolute atomic E-state index is 4.60. The Bertz CT molecular complexity index is 55.8. The van der Waals surface area contributed by atoms with Crippen LogP contribution in [0, 0.1) is 0 Å². The fraction of sp³-hybridized carbons (Fsp3) is 0.333. The summed E-state index contributed by atoms with van der Waals surface area (Å²) in [5.74, 6) is 1.00. The molecule has 0 aliphatic carbocycles. The second-order valence-electron chi connectivity index (χ2n) is 0.884. The summed E-state index contributed by atoms with van der Waals surface area (Å²) in [6, 6.07) is 0. The third-order valence-corrected chi connectivity index (χ3v) is 1.02. The molecule has 0 amide bonds. The molecule has 0 aromatic carbocycles. The summed E-state index contributed by atoms with van der Waals surface area (Å²) < 4.78 is 0. The Kier molecular flexibility index (Phi) is 1.41. The molecule has 0 aromatic rings. The Labute approximate surface area is 40.6 Å². The van der Waals surface area contributed by atoms with Crippen LogP contribution in [0.15, 0.2) is 12.3 Å². The molecule has 0 aromatic heterocycles. The molecule has 0 saturated heterocycles. The fourth-order valence-corrected chi connectivity index (χ4v) is 0.598. The average molecular weight is 103 g/mol. The minimum absolute atomic E-state index is 1.00. The van der Waals surface area contributed by atoms with Gasteiger partial charge in [0.05, 0.1) is 0 Å². The van der Waals surface area contributed by atoms with Crippen LogP contribution in [0.1, 0.15) is 0 Å². The van der Waals surface area contributed by atoms with E-state index in [4.69, 9.17) is 0 Å². The first-order chi connectivity index (χ1) is 3.00. The van der Waals surface area contributed by atoms with Crippen LogP contribution >= 0.6 is 11.9 Å². The maximum atomic E-state index is 4.60. The van der Waals surface area contributed by atoms with Crippen molar-refractivity contribution in [3.8, 4) is 0 Å². The van der Waals surface area contributed by atoms with Crippen LogP contribution in [0.5, 0.6) is 0 Å². The van der Waals surface area contributed by atoms with Crippen LogP contribution < -0.4 is 4.89 Å². The fourth-order valence-electron chi connectivity index (χ4n) is 0.231. The molecule has 0 unspecified atom stereocenters. The van der Waals surface area contributed by atoms with Crippen LogP contribution in [-0.2, 0) is 4.84 Å². The third kappa shape index (κ3) is 0.914. The van der Waals surface area contributed by atoms with Crippen molar-refractivity contribution in [2.45, 2.75) is 0 Å². The summed E-state index contributed by atoms with van der Waals surface area (Å²) in [6.45, 7) is 0. The van der Waals surface area contributed by atoms with Gasteiger partial charge in [-0.15, -0.1) is 0 Å². The minimum atomic E-state index is 1.00. The normalized spacial score (nSPS) is 20.0. The Balaban J connectivity index is 2.26. The highest BCUT2D eigenvalue weighted by Crippen LogP contribution is 1.97. The Hall–Kier alpha value is -0.150. The second-order valence-corrected chi connectivity index (χ2v) is 1.67. The highest BCUT2D eigenvalue weighted by atomic mass is 32.2. The summed E-state index contributed by atoms with van der Waals surface area (Å²) in [6.07, 6.45) is 3.58. The predicted molar refractivity (Wildman–Crippen MR) is 25.8 cm³/mol. The molecule has 34 valence electrons. The Morgan fingerprint density at radius 3 is 3.00 bits per heavy atom. The minimum Gasteiger partial charge on any atom is -0.406 e. The van der Waals surface area contributed by atoms with Gasteiger partial charge in [-0.05, 0) is 18.0 Å². The topological polar surface area (TPSA) is 21.3 Å². The van der Waals surface area contributed by atoms with E-state index in [-0.39, 0.29) is 0 Å². The van der Waals surface area contributed by atoms with Gasteiger partial charge in [0, 0.05) is 5.75 Å². The largest absolute Gasteiger partial charge is 0.406 e. The molecule has 0 radical (unpaired) electrons. The van der Waals surface area contributed by atoms with Crippen molar-refractivity contribution in [3.05, 3.63) is 12.3 Å². The van der Waals surface area contributed by atoms with Crippen molar-refractivity contribution in [3.63, 3.8) is 0 Å². The molecular weight excluding hydrogens is 98.1 g/mol. The zero-order chi connectivity index (χ0) is 4.24. The highest BCUT2D eigenvalue weighted by Gasteiger charge is 1.85. The molecule has 0 bridgehead atoms. The van der Waals surface area contributed by atoms with E-state index in [9.17, 15) is 0 Å². The zero-order valence-corrected chi connectivity index (χ0v) is 3.99. The standard InChI is InChI=1S/C3H5NOS/c1-2-5-4-6-3-1/h1-2,4H,3H2. The predicted octanol–water partition coefficient (Wildman–Crippen LogP) is 0.683. The van der Waals surface area contributed by atoms with Gasteiger partial charge in [-0.2, -0.15) is 0 Å². The first-order valence-corrected chi connectivity index (χ1v) is 2.66. The molecule has 0 saturated carbocycles. The van der Waals surface area contributed by atoms with Crippen LogP contribution in [0.25, 0.3) is 0 Å². The quantitative estimate of drug-likeness (QED) is 0.455. The molecule has 1 aliphatic rings. The van der Waals surface area contributed by atoms with Crippen molar-refractivity contribution in [2.75, 3.05) is 5.75 Å². The first kappa shape index (κ1) is 4.02. The molecule has 1 aliphatic heterocycles. The van der Waals surface area contributed by atoms with Gasteiger partial charge >= 0.3 is 0 Å². The van der Waals surface area contributed by atoms with Gasteiger partial charge < -0.3 is 4.84 Å². The van der Waals surface area contributed by atoms with Gasteiger partial charge in [0.1, 0.15) is 6.26 Å². The van der Waals surface area contributed by atoms with Crippen LogP contribution in [-0.4, -0.2) is 5.75 Å². The van der Waals surface area contributed by atoms with Crippen molar-refractivity contribution >= 4 is 11.9 Å². The van der Waals surface area contributed by atoms with Gasteiger partial charge in [-0.25, -0.2) is 0 Å². The molecule has 1 rings (SSSR count). The van der Waals surface area contributed by atoms with Gasteiger partial charge in [-0.3, -0.25) is 0 Å². The van der Waals surface area contributed by atoms with E-state index in [0.717, 1.165) is 5.75 Å². The van der Waals surface area contributed by atoms with Crippen molar-refractivity contribution in [1.29, 1.82) is 0 Å². The van der Waals surface area contributed by atoms with Crippen molar-refractivity contribution in [1.82, 2.24) is 4.89 Å². The van der Waals surface area contributed by atoms with Gasteiger partial charge in [-0.1, -0.05) is 4.89 Å². The highest BCUT2D eigenvalue weighted by molar-refractivity contribution is 7.97. The maximum Gasteiger partial charge on any atom is 0.109 e. The smallest absolute Gasteiger partial charge is 0.109 e. The van der Waals surface area contributed by atoms with Crippen LogP contribution in [0.3, 0.4) is 0 Å². The van der Waals surface area contributed by atoms with E-state index in [1.165, 1.54) is 11.9 Å². The number of hydrogen-bond donors (Lipinski definition) is 1.